The fourth-order valence-electron chi connectivity index (χ4n) is 20.7. The first-order valence-electron chi connectivity index (χ1n) is 47.4. The lowest BCUT2D eigenvalue weighted by molar-refractivity contribution is 0.401. The zero-order valence-electron chi connectivity index (χ0n) is 75.1. The van der Waals surface area contributed by atoms with Crippen LogP contribution in [-0.2, 0) is 16.2 Å². The molecule has 0 fully saturated rings. The van der Waals surface area contributed by atoms with Crippen LogP contribution in [-0.4, -0.2) is 0 Å². The molecule has 0 saturated carbocycles. The molecule has 3 aliphatic carbocycles. The van der Waals surface area contributed by atoms with Crippen molar-refractivity contribution < 1.29 is 0 Å². The summed E-state index contributed by atoms with van der Waals surface area (Å²) in [5.41, 5.74) is 38.7. The Balaban J connectivity index is 0.000000143. The van der Waals surface area contributed by atoms with Crippen molar-refractivity contribution in [3.8, 4) is 89.0 Å². The van der Waals surface area contributed by atoms with E-state index in [4.69, 9.17) is 0 Å². The Kier molecular flexibility index (Phi) is 30.6. The Morgan fingerprint density at radius 3 is 0.762 bits per heavy atom. The van der Waals surface area contributed by atoms with Gasteiger partial charge in [0.05, 0.1) is 5.41 Å². The van der Waals surface area contributed by atoms with E-state index in [1.54, 1.807) is 22.3 Å². The fourth-order valence-corrected chi connectivity index (χ4v) is 21.5. The third-order valence-corrected chi connectivity index (χ3v) is 28.9. The van der Waals surface area contributed by atoms with Crippen molar-refractivity contribution in [3.05, 3.63) is 440 Å². The highest BCUT2D eigenvalue weighted by molar-refractivity contribution is 9.11. The van der Waals surface area contributed by atoms with Crippen LogP contribution in [0.15, 0.2) is 396 Å². The molecule has 0 amide bonds. The zero-order valence-corrected chi connectivity index (χ0v) is 79.9. The van der Waals surface area contributed by atoms with E-state index in [-0.39, 0.29) is 18.3 Å². The average molecular weight is 1890 g/mol. The van der Waals surface area contributed by atoms with Crippen molar-refractivity contribution in [1.82, 2.24) is 0 Å². The zero-order chi connectivity index (χ0) is 88.4. The van der Waals surface area contributed by atoms with Gasteiger partial charge in [-0.2, -0.15) is 0 Å². The van der Waals surface area contributed by atoms with Crippen LogP contribution in [0.3, 0.4) is 0 Å². The molecule has 6 heteroatoms. The van der Waals surface area contributed by atoms with Crippen LogP contribution in [0.25, 0.3) is 89.0 Å². The Hall–Kier alpha value is -11.6. The molecule has 0 heterocycles. The number of unbranched alkanes of at least 4 members (excludes halogenated alkanes) is 12. The molecule has 1 atom stereocenters. The second kappa shape index (κ2) is 43.4. The molecule has 16 aromatic rings. The first-order valence-corrected chi connectivity index (χ1v) is 49.8. The maximum atomic E-state index is 3.52. The van der Waals surface area contributed by atoms with E-state index < -0.39 is 5.41 Å². The molecule has 3 nitrogen and oxygen atoms in total. The van der Waals surface area contributed by atoms with Crippen molar-refractivity contribution >= 4 is 81.9 Å². The molecule has 3 aliphatic rings. The molecular weight excluding hydrogens is 1770 g/mol. The molecule has 1 unspecified atom stereocenters. The molecular formula is C124H122Br3N3. The van der Waals surface area contributed by atoms with Gasteiger partial charge in [0, 0.05) is 58.4 Å². The minimum atomic E-state index is -0.436. The second-order valence-corrected chi connectivity index (χ2v) is 38.3. The molecule has 16 aromatic carbocycles. The Bertz CT molecular complexity index is 6340. The largest absolute Gasteiger partial charge is 0.356 e. The van der Waals surface area contributed by atoms with E-state index in [0.717, 1.165) is 47.5 Å². The summed E-state index contributed by atoms with van der Waals surface area (Å²) in [4.78, 5) is 0. The number of halogens is 3. The number of rotatable bonds is 33. The van der Waals surface area contributed by atoms with Crippen LogP contribution >= 0.6 is 47.8 Å². The first-order chi connectivity index (χ1) is 63.4. The van der Waals surface area contributed by atoms with Gasteiger partial charge in [-0.25, -0.2) is 0 Å². The van der Waals surface area contributed by atoms with Crippen molar-refractivity contribution in [1.29, 1.82) is 0 Å². The third kappa shape index (κ3) is 20.3. The minimum absolute atomic E-state index is 0. The predicted octanol–water partition coefficient (Wildman–Crippen LogP) is 38.3. The van der Waals surface area contributed by atoms with E-state index >= 15 is 0 Å². The second-order valence-electron chi connectivity index (χ2n) is 35.6. The molecule has 3 N–H and O–H groups in total. The quantitative estimate of drug-likeness (QED) is 0.0359. The van der Waals surface area contributed by atoms with E-state index in [1.807, 2.05) is 12.1 Å². The maximum absolute atomic E-state index is 3.52. The average Bonchev–Trinajstić information content (AvgIpc) is 1.54. The Morgan fingerprint density at radius 1 is 0.192 bits per heavy atom. The van der Waals surface area contributed by atoms with E-state index in [1.165, 1.54) is 240 Å². The molecule has 0 bridgehead atoms. The highest BCUT2D eigenvalue weighted by Gasteiger charge is 2.47. The molecule has 130 heavy (non-hydrogen) atoms. The van der Waals surface area contributed by atoms with Crippen LogP contribution in [0.1, 0.15) is 208 Å². The molecule has 0 aromatic heterocycles. The van der Waals surface area contributed by atoms with Gasteiger partial charge in [0.15, 0.2) is 0 Å². The highest BCUT2D eigenvalue weighted by Crippen LogP contribution is 2.60. The number of anilines is 6. The maximum Gasteiger partial charge on any atom is 0.0713 e. The number of benzene rings is 16. The van der Waals surface area contributed by atoms with Crippen molar-refractivity contribution in [2.75, 3.05) is 16.0 Å². The minimum Gasteiger partial charge on any atom is -0.356 e. The predicted molar refractivity (Wildman–Crippen MR) is 570 cm³/mol. The van der Waals surface area contributed by atoms with E-state index in [2.05, 4.69) is 461 Å². The number of fused-ring (bicyclic) bond motifs is 9. The highest BCUT2D eigenvalue weighted by atomic mass is 79.9. The summed E-state index contributed by atoms with van der Waals surface area (Å²) in [6, 6.07) is 140. The first kappa shape index (κ1) is 91.7. The molecule has 19 rings (SSSR count). The SMILES string of the molecule is Brc1ccc(Nc2ccc(-c3ccc(C4(c5ccccc5)c5ccccc5-c5ccc(-c6ccccc6)cc54)cc3)cc2)cc1.C.CCCCCCC1(CCCCCC)c2ccccc2-c2ccc(-c3ccc(-c4ccc(Nc5ccc(Br)cc5)cc4)cc3)cc21.CCCCCCC1(CCCCCC)c2ccccc2-c2ccc(-c3ccc(Nc4ccc(Br)cc4)cc3)cc21. The molecule has 0 radical (unpaired) electrons. The van der Waals surface area contributed by atoms with Crippen LogP contribution in [0, 0.1) is 0 Å². The van der Waals surface area contributed by atoms with Crippen molar-refractivity contribution in [2.24, 2.45) is 0 Å². The summed E-state index contributed by atoms with van der Waals surface area (Å²) in [7, 11) is 0. The number of hydrogen-bond acceptors (Lipinski definition) is 3. The molecule has 0 aliphatic heterocycles. The van der Waals surface area contributed by atoms with Crippen LogP contribution in [0.2, 0.25) is 0 Å². The Morgan fingerprint density at radius 2 is 0.423 bits per heavy atom. The third-order valence-electron chi connectivity index (χ3n) is 27.3. The van der Waals surface area contributed by atoms with Gasteiger partial charge in [-0.05, 0) is 287 Å². The topological polar surface area (TPSA) is 36.1 Å². The van der Waals surface area contributed by atoms with Gasteiger partial charge in [0.2, 0.25) is 0 Å². The van der Waals surface area contributed by atoms with E-state index in [0.29, 0.717) is 0 Å². The van der Waals surface area contributed by atoms with Crippen molar-refractivity contribution in [3.63, 3.8) is 0 Å². The summed E-state index contributed by atoms with van der Waals surface area (Å²) in [6.07, 6.45) is 26.0. The smallest absolute Gasteiger partial charge is 0.0713 e. The summed E-state index contributed by atoms with van der Waals surface area (Å²) in [6.45, 7) is 9.25. The lowest BCUT2D eigenvalue weighted by Crippen LogP contribution is -2.28. The summed E-state index contributed by atoms with van der Waals surface area (Å²) < 4.78 is 3.25. The summed E-state index contributed by atoms with van der Waals surface area (Å²) in [5.74, 6) is 0. The van der Waals surface area contributed by atoms with Crippen LogP contribution in [0.5, 0.6) is 0 Å². The monoisotopic (exact) mass is 1890 g/mol. The lowest BCUT2D eigenvalue weighted by atomic mass is 9.67. The van der Waals surface area contributed by atoms with Gasteiger partial charge in [0.25, 0.3) is 0 Å². The van der Waals surface area contributed by atoms with Gasteiger partial charge in [-0.3, -0.25) is 0 Å². The number of nitrogens with one attached hydrogen (secondary N) is 3. The van der Waals surface area contributed by atoms with Gasteiger partial charge < -0.3 is 16.0 Å². The van der Waals surface area contributed by atoms with Gasteiger partial charge in [-0.15, -0.1) is 0 Å². The van der Waals surface area contributed by atoms with Gasteiger partial charge >= 0.3 is 0 Å². The van der Waals surface area contributed by atoms with E-state index in [9.17, 15) is 0 Å². The number of hydrogen-bond donors (Lipinski definition) is 3. The molecule has 654 valence electrons. The van der Waals surface area contributed by atoms with Gasteiger partial charge in [-0.1, -0.05) is 440 Å². The van der Waals surface area contributed by atoms with Crippen LogP contribution in [0.4, 0.5) is 34.1 Å². The van der Waals surface area contributed by atoms with Crippen molar-refractivity contribution in [2.45, 2.75) is 180 Å². The summed E-state index contributed by atoms with van der Waals surface area (Å²) >= 11 is 10.5. The molecule has 0 saturated heterocycles. The van der Waals surface area contributed by atoms with Gasteiger partial charge in [0.1, 0.15) is 0 Å². The lowest BCUT2D eigenvalue weighted by Gasteiger charge is -2.34. The Labute approximate surface area is 800 Å². The van der Waals surface area contributed by atoms with Crippen LogP contribution < -0.4 is 16.0 Å². The normalized spacial score (nSPS) is 13.6. The fraction of sp³-hybridized carbons (Fsp3) is 0.226. The standard InChI is InChI=1S/C43H30BrN.C43H46BrN.C37H42BrN.CH4/c44-36-22-26-38(27-23-36)45-37-24-17-32(18-25-37)31-15-20-35(21-16-31)43(34-11-5-2-6-12-34)41-14-8-7-13-39(41)40-28-19-33(29-42(40)43)30-9-3-1-4-10-30;1-3-5-7-11-29-43(30-12-8-6-4-2)41-14-10-9-13-39(41)40-28-21-35(31-42(40)43)34-17-15-32(16-18-34)33-19-24-37(25-20-33)45-38-26-22-36(44)23-27-38;1-3-5-7-11-25-37(26-12-8-6-4-2)35-14-10-9-13-33(35)34-24-17-29(27-36(34)37)28-15-20-31(21-16-28)39-32-22-18-30(38)19-23-32;/h1-29,45H;9-10,13-28,31,45H,3-8,11-12,29-30H2,1-2H3;9-10,13-24,27,39H,3-8,11-12,25-26H2,1-2H3;1H4. The molecule has 0 spiro atoms. The summed E-state index contributed by atoms with van der Waals surface area (Å²) in [5, 5.41) is 10.5.